The molecule has 3 saturated heterocycles. The van der Waals surface area contributed by atoms with Gasteiger partial charge >= 0.3 is 18.1 Å². The Balaban J connectivity index is 2.09. The molecule has 110 valence electrons. The van der Waals surface area contributed by atoms with E-state index < -0.39 is 53.9 Å². The van der Waals surface area contributed by atoms with E-state index in [1.807, 2.05) is 0 Å². The molecule has 0 radical (unpaired) electrons. The summed E-state index contributed by atoms with van der Waals surface area (Å²) in [6.07, 6.45) is -7.04. The Kier molecular flexibility index (Phi) is 2.38. The molecule has 5 nitrogen and oxygen atoms in total. The maximum Gasteiger partial charge on any atom is 0.407 e. The van der Waals surface area contributed by atoms with E-state index in [4.69, 9.17) is 14.2 Å². The van der Waals surface area contributed by atoms with Crippen LogP contribution >= 0.6 is 0 Å². The summed E-state index contributed by atoms with van der Waals surface area (Å²) in [4.78, 5) is 23.2. The average molecular weight is 292 g/mol. The Labute approximate surface area is 111 Å². The quantitative estimate of drug-likeness (QED) is 0.567. The third kappa shape index (κ3) is 1.23. The van der Waals surface area contributed by atoms with E-state index in [2.05, 4.69) is 6.58 Å². The van der Waals surface area contributed by atoms with Crippen LogP contribution in [-0.4, -0.2) is 36.1 Å². The highest BCUT2D eigenvalue weighted by Crippen LogP contribution is 2.67. The summed E-state index contributed by atoms with van der Waals surface area (Å²) < 4.78 is 55.0. The largest absolute Gasteiger partial charge is 0.418 e. The maximum absolute atomic E-state index is 13.3. The van der Waals surface area contributed by atoms with Gasteiger partial charge in [-0.25, -0.2) is 4.79 Å². The van der Waals surface area contributed by atoms with Gasteiger partial charge in [-0.1, -0.05) is 13.5 Å². The number of alkyl halides is 3. The van der Waals surface area contributed by atoms with Crippen molar-refractivity contribution in [1.82, 2.24) is 0 Å². The first-order chi connectivity index (χ1) is 9.19. The Morgan fingerprint density at radius 1 is 1.55 bits per heavy atom. The molecule has 3 aliphatic heterocycles. The summed E-state index contributed by atoms with van der Waals surface area (Å²) in [5.41, 5.74) is -2.74. The van der Waals surface area contributed by atoms with Crippen LogP contribution in [0.3, 0.4) is 0 Å². The SMILES string of the molecule is C=CC(=O)OC12OC(=O)C3(C(F)(F)F)CC(OC13)C2C. The van der Waals surface area contributed by atoms with E-state index in [0.29, 0.717) is 0 Å². The molecular weight excluding hydrogens is 281 g/mol. The second-order valence-corrected chi connectivity index (χ2v) is 5.25. The Hall–Kier alpha value is -1.57. The molecule has 0 aromatic carbocycles. The minimum Gasteiger partial charge on any atom is -0.418 e. The lowest BCUT2D eigenvalue weighted by Gasteiger charge is -2.35. The highest BCUT2D eigenvalue weighted by atomic mass is 19.4. The molecule has 0 aliphatic carbocycles. The number of hydrogen-bond acceptors (Lipinski definition) is 5. The van der Waals surface area contributed by atoms with Gasteiger partial charge in [-0.2, -0.15) is 13.2 Å². The van der Waals surface area contributed by atoms with Crippen molar-refractivity contribution in [3.8, 4) is 0 Å². The van der Waals surface area contributed by atoms with Gasteiger partial charge in [-0.05, 0) is 0 Å². The lowest BCUT2D eigenvalue weighted by molar-refractivity contribution is -0.250. The van der Waals surface area contributed by atoms with Gasteiger partial charge in [0.15, 0.2) is 11.5 Å². The predicted octanol–water partition coefficient (Wildman–Crippen LogP) is 1.32. The molecule has 3 heterocycles. The highest BCUT2D eigenvalue weighted by molar-refractivity contribution is 5.86. The smallest absolute Gasteiger partial charge is 0.407 e. The minimum absolute atomic E-state index is 0.505. The van der Waals surface area contributed by atoms with Crippen LogP contribution < -0.4 is 0 Å². The number of esters is 2. The van der Waals surface area contributed by atoms with Crippen molar-refractivity contribution in [3.05, 3.63) is 12.7 Å². The molecule has 0 aromatic heterocycles. The molecule has 0 saturated carbocycles. The zero-order chi connectivity index (χ0) is 14.9. The molecular formula is C12H11F3O5. The van der Waals surface area contributed by atoms with E-state index in [0.717, 1.165) is 6.08 Å². The highest BCUT2D eigenvalue weighted by Gasteiger charge is 2.87. The number of fused-ring (bicyclic) bond motifs is 1. The second kappa shape index (κ2) is 3.55. The molecule has 20 heavy (non-hydrogen) atoms. The number of carbonyl (C=O) groups excluding carboxylic acids is 2. The summed E-state index contributed by atoms with van der Waals surface area (Å²) >= 11 is 0. The minimum atomic E-state index is -4.83. The van der Waals surface area contributed by atoms with Crippen molar-refractivity contribution < 1.29 is 37.0 Å². The Bertz CT molecular complexity index is 516. The predicted molar refractivity (Wildman–Crippen MR) is 56.0 cm³/mol. The summed E-state index contributed by atoms with van der Waals surface area (Å²) in [6.45, 7) is 4.70. The van der Waals surface area contributed by atoms with Gasteiger partial charge < -0.3 is 14.2 Å². The summed E-state index contributed by atoms with van der Waals surface area (Å²) in [5.74, 6) is -5.09. The number of halogens is 3. The lowest BCUT2D eigenvalue weighted by Crippen LogP contribution is -2.56. The maximum atomic E-state index is 13.3. The van der Waals surface area contributed by atoms with Gasteiger partial charge in [0.05, 0.1) is 12.0 Å². The molecule has 3 fully saturated rings. The van der Waals surface area contributed by atoms with Crippen LogP contribution in [0.25, 0.3) is 0 Å². The van der Waals surface area contributed by atoms with Crippen molar-refractivity contribution in [2.24, 2.45) is 11.3 Å². The first-order valence-corrected chi connectivity index (χ1v) is 6.00. The molecule has 0 aromatic rings. The van der Waals surface area contributed by atoms with E-state index >= 15 is 0 Å². The fourth-order valence-electron chi connectivity index (χ4n) is 3.31. The first kappa shape index (κ1) is 13.4. The van der Waals surface area contributed by atoms with Gasteiger partial charge in [0.2, 0.25) is 0 Å². The molecule has 5 unspecified atom stereocenters. The molecule has 2 bridgehead atoms. The van der Waals surface area contributed by atoms with Gasteiger partial charge in [0.1, 0.15) is 0 Å². The van der Waals surface area contributed by atoms with Gasteiger partial charge in [-0.3, -0.25) is 4.79 Å². The third-order valence-corrected chi connectivity index (χ3v) is 4.39. The van der Waals surface area contributed by atoms with E-state index in [1.165, 1.54) is 6.92 Å². The normalized spacial score (nSPS) is 45.4. The van der Waals surface area contributed by atoms with Crippen LogP contribution in [0.1, 0.15) is 13.3 Å². The topological polar surface area (TPSA) is 61.8 Å². The third-order valence-electron chi connectivity index (χ3n) is 4.39. The van der Waals surface area contributed by atoms with Crippen LogP contribution in [0.4, 0.5) is 13.2 Å². The standard InChI is InChI=1S/C12H11F3O5/c1-3-7(16)19-11-5(2)6-4-10(8(11)18-6,9(17)20-11)12(13,14)15/h3,5-6,8H,1,4H2,2H3. The number of carbonyl (C=O) groups is 2. The molecule has 0 N–H and O–H groups in total. The molecule has 3 aliphatic rings. The summed E-state index contributed by atoms with van der Waals surface area (Å²) in [7, 11) is 0. The zero-order valence-corrected chi connectivity index (χ0v) is 10.4. The van der Waals surface area contributed by atoms with Crippen LogP contribution in [0, 0.1) is 11.3 Å². The van der Waals surface area contributed by atoms with Crippen LogP contribution in [-0.2, 0) is 23.8 Å². The Morgan fingerprint density at radius 2 is 2.20 bits per heavy atom. The van der Waals surface area contributed by atoms with Crippen LogP contribution in [0.5, 0.6) is 0 Å². The number of ether oxygens (including phenoxy) is 3. The van der Waals surface area contributed by atoms with Crippen LogP contribution in [0.15, 0.2) is 12.7 Å². The van der Waals surface area contributed by atoms with Crippen molar-refractivity contribution in [2.75, 3.05) is 0 Å². The fraction of sp³-hybridized carbons (Fsp3) is 0.667. The number of rotatable bonds is 2. The molecule has 3 rings (SSSR count). The summed E-state index contributed by atoms with van der Waals surface area (Å²) in [5, 5.41) is 0. The van der Waals surface area contributed by atoms with Gasteiger partial charge in [0.25, 0.3) is 5.79 Å². The monoisotopic (exact) mass is 292 g/mol. The van der Waals surface area contributed by atoms with Gasteiger partial charge in [-0.15, -0.1) is 0 Å². The van der Waals surface area contributed by atoms with Crippen LogP contribution in [0.2, 0.25) is 0 Å². The fourth-order valence-corrected chi connectivity index (χ4v) is 3.31. The van der Waals surface area contributed by atoms with Crippen molar-refractivity contribution in [1.29, 1.82) is 0 Å². The van der Waals surface area contributed by atoms with E-state index in [9.17, 15) is 22.8 Å². The van der Waals surface area contributed by atoms with E-state index in [1.54, 1.807) is 0 Å². The molecule has 0 spiro atoms. The second-order valence-electron chi connectivity index (χ2n) is 5.25. The van der Waals surface area contributed by atoms with Crippen molar-refractivity contribution >= 4 is 11.9 Å². The molecule has 8 heteroatoms. The molecule has 5 atom stereocenters. The zero-order valence-electron chi connectivity index (χ0n) is 10.4. The van der Waals surface area contributed by atoms with E-state index in [-0.39, 0.29) is 0 Å². The number of hydrogen-bond donors (Lipinski definition) is 0. The van der Waals surface area contributed by atoms with Gasteiger partial charge in [0, 0.05) is 12.5 Å². The molecule has 0 amide bonds. The Morgan fingerprint density at radius 3 is 2.70 bits per heavy atom. The summed E-state index contributed by atoms with van der Waals surface area (Å²) in [6, 6.07) is 0. The first-order valence-electron chi connectivity index (χ1n) is 6.00. The average Bonchev–Trinajstić information content (AvgIpc) is 2.91. The van der Waals surface area contributed by atoms with Crippen molar-refractivity contribution in [3.63, 3.8) is 0 Å². The lowest BCUT2D eigenvalue weighted by atomic mass is 9.69. The van der Waals surface area contributed by atoms with Crippen molar-refractivity contribution in [2.45, 2.75) is 37.5 Å².